The molecule has 8 nitrogen and oxygen atoms in total. The van der Waals surface area contributed by atoms with Gasteiger partial charge < -0.3 is 19.1 Å². The van der Waals surface area contributed by atoms with Gasteiger partial charge in [-0.2, -0.15) is 0 Å². The predicted molar refractivity (Wildman–Crippen MR) is 149 cm³/mol. The molecule has 3 aromatic rings. The van der Waals surface area contributed by atoms with Crippen LogP contribution in [0.25, 0.3) is 6.08 Å². The largest absolute Gasteiger partial charge is 0.493 e. The lowest BCUT2D eigenvalue weighted by Gasteiger charge is -2.29. The molecule has 0 spiro atoms. The number of allylic oxidation sites excluding steroid dienone is 1. The van der Waals surface area contributed by atoms with Crippen LogP contribution in [0, 0.1) is 0 Å². The highest BCUT2D eigenvalue weighted by Crippen LogP contribution is 2.38. The van der Waals surface area contributed by atoms with E-state index in [4.69, 9.17) is 30.8 Å². The number of aromatic nitrogens is 1. The van der Waals surface area contributed by atoms with Gasteiger partial charge in [0.2, 0.25) is 5.75 Å². The smallest absolute Gasteiger partial charge is 0.271 e. The Balaban J connectivity index is 1.95. The zero-order valence-corrected chi connectivity index (χ0v) is 23.8. The van der Waals surface area contributed by atoms with Crippen LogP contribution in [0.15, 0.2) is 57.5 Å². The van der Waals surface area contributed by atoms with Crippen LogP contribution in [-0.4, -0.2) is 49.8 Å². The topological polar surface area (TPSA) is 82.4 Å². The van der Waals surface area contributed by atoms with Crippen LogP contribution in [0.1, 0.15) is 37.9 Å². The van der Waals surface area contributed by atoms with Gasteiger partial charge in [-0.1, -0.05) is 35.1 Å². The molecule has 1 aromatic heterocycles. The molecule has 0 unspecified atom stereocenters. The summed E-state index contributed by atoms with van der Waals surface area (Å²) in [6.07, 6.45) is 1.76. The van der Waals surface area contributed by atoms with Crippen molar-refractivity contribution in [2.24, 2.45) is 4.99 Å². The summed E-state index contributed by atoms with van der Waals surface area (Å²) in [5.74, 6) is 1.28. The fourth-order valence-electron chi connectivity index (χ4n) is 4.57. The summed E-state index contributed by atoms with van der Waals surface area (Å²) in [5, 5.41) is 0.570. The molecule has 4 rings (SSSR count). The third-order valence-electron chi connectivity index (χ3n) is 6.47. The van der Waals surface area contributed by atoms with E-state index in [0.29, 0.717) is 61.5 Å². The Labute approximate surface area is 230 Å². The summed E-state index contributed by atoms with van der Waals surface area (Å²) in [7, 11) is 4.62. The number of carbonyl (C=O) groups is 1. The number of benzene rings is 2. The van der Waals surface area contributed by atoms with Gasteiger partial charge in [0, 0.05) is 18.1 Å². The number of hydrogen-bond donors (Lipinski definition) is 0. The molecule has 200 valence electrons. The Bertz CT molecular complexity index is 1540. The molecule has 2 heterocycles. The third kappa shape index (κ3) is 4.96. The monoisotopic (exact) mass is 555 g/mol. The number of halogens is 1. The lowest BCUT2D eigenvalue weighted by Crippen LogP contribution is -2.43. The summed E-state index contributed by atoms with van der Waals surface area (Å²) >= 11 is 7.43. The number of thiazole rings is 1. The van der Waals surface area contributed by atoms with Crippen molar-refractivity contribution in [1.29, 1.82) is 0 Å². The van der Waals surface area contributed by atoms with Crippen molar-refractivity contribution in [1.82, 2.24) is 9.47 Å². The molecule has 1 atom stereocenters. The molecule has 0 bridgehead atoms. The minimum Gasteiger partial charge on any atom is -0.493 e. The molecule has 1 amide bonds. The molecule has 2 aromatic carbocycles. The van der Waals surface area contributed by atoms with Gasteiger partial charge in [-0.3, -0.25) is 14.2 Å². The summed E-state index contributed by atoms with van der Waals surface area (Å²) in [6, 6.07) is 10.1. The molecule has 0 radical (unpaired) electrons. The lowest BCUT2D eigenvalue weighted by atomic mass is 9.94. The molecule has 0 saturated carbocycles. The van der Waals surface area contributed by atoms with Crippen molar-refractivity contribution in [3.05, 3.63) is 83.5 Å². The molecule has 10 heteroatoms. The fraction of sp³-hybridized carbons (Fsp3) is 0.321. The number of hydrogen-bond acceptors (Lipinski definition) is 7. The number of fused-ring (bicyclic) bond motifs is 1. The van der Waals surface area contributed by atoms with Crippen molar-refractivity contribution < 1.29 is 19.0 Å². The van der Waals surface area contributed by atoms with Crippen molar-refractivity contribution in [3.63, 3.8) is 0 Å². The van der Waals surface area contributed by atoms with Crippen molar-refractivity contribution in [2.75, 3.05) is 34.4 Å². The Morgan fingerprint density at radius 1 is 1.08 bits per heavy atom. The number of methoxy groups -OCH3 is 3. The first-order valence-corrected chi connectivity index (χ1v) is 13.3. The minimum atomic E-state index is -0.640. The van der Waals surface area contributed by atoms with Crippen LogP contribution in [0.4, 0.5) is 0 Å². The van der Waals surface area contributed by atoms with Gasteiger partial charge in [0.25, 0.3) is 11.5 Å². The molecule has 0 fully saturated rings. The van der Waals surface area contributed by atoms with E-state index >= 15 is 0 Å². The second kappa shape index (κ2) is 11.4. The maximum absolute atomic E-state index is 13.9. The second-order valence-corrected chi connectivity index (χ2v) is 10.0. The van der Waals surface area contributed by atoms with E-state index in [9.17, 15) is 9.59 Å². The van der Waals surface area contributed by atoms with E-state index in [-0.39, 0.29) is 11.5 Å². The van der Waals surface area contributed by atoms with Crippen molar-refractivity contribution in [2.45, 2.75) is 26.8 Å². The van der Waals surface area contributed by atoms with E-state index in [1.807, 2.05) is 32.9 Å². The third-order valence-corrected chi connectivity index (χ3v) is 7.71. The average Bonchev–Trinajstić information content (AvgIpc) is 3.22. The van der Waals surface area contributed by atoms with Gasteiger partial charge >= 0.3 is 0 Å². The van der Waals surface area contributed by atoms with E-state index < -0.39 is 6.04 Å². The van der Waals surface area contributed by atoms with Gasteiger partial charge in [-0.05, 0) is 62.2 Å². The zero-order valence-electron chi connectivity index (χ0n) is 22.2. The number of likely N-dealkylation sites (N-methyl/N-ethyl adjacent to an activating group) is 1. The lowest BCUT2D eigenvalue weighted by molar-refractivity contribution is -0.127. The standard InChI is InChI=1S/C28H30ClN3O5S/c1-7-31(8-2)27(34)23-16(3)30-28-32(24(23)18-9-11-19(29)12-10-18)26(33)22(38-28)15-17-13-20(35-4)25(37-6)21(14-17)36-5/h9-15,24H,7-8H2,1-6H3/b22-15+/t24-/m0/s1. The number of nitrogens with zero attached hydrogens (tertiary/aromatic N) is 3. The molecule has 0 saturated heterocycles. The first-order valence-electron chi connectivity index (χ1n) is 12.1. The van der Waals surface area contributed by atoms with Crippen LogP contribution in [0.2, 0.25) is 5.02 Å². The Morgan fingerprint density at radius 2 is 1.68 bits per heavy atom. The normalized spacial score (nSPS) is 15.1. The summed E-state index contributed by atoms with van der Waals surface area (Å²) in [5.41, 5.74) is 2.28. The number of amides is 1. The van der Waals surface area contributed by atoms with Crippen molar-refractivity contribution >= 4 is 34.9 Å². The molecular weight excluding hydrogens is 526 g/mol. The number of carbonyl (C=O) groups excluding carboxylic acids is 1. The first-order chi connectivity index (χ1) is 18.3. The highest BCUT2D eigenvalue weighted by molar-refractivity contribution is 7.07. The average molecular weight is 556 g/mol. The first kappa shape index (κ1) is 27.5. The van der Waals surface area contributed by atoms with Gasteiger partial charge in [0.1, 0.15) is 0 Å². The van der Waals surface area contributed by atoms with Crippen LogP contribution < -0.4 is 29.1 Å². The SMILES string of the molecule is CCN(CC)C(=O)C1=C(C)N=c2s/c(=C/c3cc(OC)c(OC)c(OC)c3)c(=O)n2[C@H]1c1ccc(Cl)cc1. The van der Waals surface area contributed by atoms with Gasteiger partial charge in [0.05, 0.1) is 43.2 Å². The van der Waals surface area contributed by atoms with E-state index in [2.05, 4.69) is 0 Å². The van der Waals surface area contributed by atoms with Gasteiger partial charge in [-0.25, -0.2) is 4.99 Å². The summed E-state index contributed by atoms with van der Waals surface area (Å²) in [6.45, 7) is 6.77. The van der Waals surface area contributed by atoms with Crippen LogP contribution in [0.5, 0.6) is 17.2 Å². The molecule has 1 aliphatic heterocycles. The quantitative estimate of drug-likeness (QED) is 0.422. The zero-order chi connectivity index (χ0) is 27.6. The Hall–Kier alpha value is -3.56. The second-order valence-electron chi connectivity index (χ2n) is 8.57. The van der Waals surface area contributed by atoms with Crippen LogP contribution in [0.3, 0.4) is 0 Å². The highest BCUT2D eigenvalue weighted by atomic mass is 35.5. The Kier molecular flexibility index (Phi) is 8.28. The summed E-state index contributed by atoms with van der Waals surface area (Å²) < 4.78 is 18.4. The summed E-state index contributed by atoms with van der Waals surface area (Å²) in [4.78, 5) is 34.5. The molecule has 0 aliphatic carbocycles. The van der Waals surface area contributed by atoms with Gasteiger partial charge in [0.15, 0.2) is 16.3 Å². The maximum atomic E-state index is 13.9. The minimum absolute atomic E-state index is 0.143. The van der Waals surface area contributed by atoms with Crippen LogP contribution in [-0.2, 0) is 4.79 Å². The number of ether oxygens (including phenoxy) is 3. The highest BCUT2D eigenvalue weighted by Gasteiger charge is 2.34. The molecular formula is C28H30ClN3O5S. The number of rotatable bonds is 8. The molecule has 38 heavy (non-hydrogen) atoms. The molecule has 0 N–H and O–H groups in total. The van der Waals surface area contributed by atoms with E-state index in [1.165, 1.54) is 32.7 Å². The predicted octanol–water partition coefficient (Wildman–Crippen LogP) is 3.78. The molecule has 1 aliphatic rings. The van der Waals surface area contributed by atoms with E-state index in [1.54, 1.807) is 39.8 Å². The maximum Gasteiger partial charge on any atom is 0.271 e. The van der Waals surface area contributed by atoms with Crippen LogP contribution >= 0.6 is 22.9 Å². The van der Waals surface area contributed by atoms with Gasteiger partial charge in [-0.15, -0.1) is 0 Å². The van der Waals surface area contributed by atoms with E-state index in [0.717, 1.165) is 5.56 Å². The fourth-order valence-corrected chi connectivity index (χ4v) is 5.75. The Morgan fingerprint density at radius 3 is 2.21 bits per heavy atom. The van der Waals surface area contributed by atoms with Crippen molar-refractivity contribution in [3.8, 4) is 17.2 Å².